The van der Waals surface area contributed by atoms with Crippen molar-refractivity contribution < 1.29 is 13.2 Å². The molecule has 1 fully saturated rings. The highest BCUT2D eigenvalue weighted by Gasteiger charge is 2.33. The van der Waals surface area contributed by atoms with Crippen molar-refractivity contribution in [2.24, 2.45) is 0 Å². The summed E-state index contributed by atoms with van der Waals surface area (Å²) in [5.41, 5.74) is -0.751. The van der Waals surface area contributed by atoms with Crippen LogP contribution in [-0.4, -0.2) is 35.1 Å². The number of hydrogen-bond acceptors (Lipinski definition) is 2. The summed E-state index contributed by atoms with van der Waals surface area (Å²) in [4.78, 5) is 1.96. The van der Waals surface area contributed by atoms with Crippen LogP contribution in [0.4, 0.5) is 18.9 Å². The third-order valence-corrected chi connectivity index (χ3v) is 4.39. The Balaban J connectivity index is 2.00. The Kier molecular flexibility index (Phi) is 5.42. The van der Waals surface area contributed by atoms with Gasteiger partial charge in [-0.1, -0.05) is 11.6 Å². The zero-order valence-corrected chi connectivity index (χ0v) is 13.9. The minimum atomic E-state index is -4.51. The lowest BCUT2D eigenvalue weighted by Gasteiger charge is -2.17. The molecule has 0 bridgehead atoms. The van der Waals surface area contributed by atoms with E-state index in [9.17, 15) is 13.2 Å². The molecule has 1 aromatic rings. The number of anilines is 1. The highest BCUT2D eigenvalue weighted by atomic mass is 35.5. The Bertz CT molecular complexity index is 558. The van der Waals surface area contributed by atoms with Gasteiger partial charge in [0.2, 0.25) is 0 Å². The molecule has 1 aromatic carbocycles. The molecule has 0 unspecified atom stereocenters. The van der Waals surface area contributed by atoms with Crippen molar-refractivity contribution in [1.82, 2.24) is 10.2 Å². The lowest BCUT2D eigenvalue weighted by molar-refractivity contribution is -0.137. The second-order valence-corrected chi connectivity index (χ2v) is 6.42. The van der Waals surface area contributed by atoms with Gasteiger partial charge in [-0.25, -0.2) is 0 Å². The predicted molar refractivity (Wildman–Crippen MR) is 86.5 cm³/mol. The summed E-state index contributed by atoms with van der Waals surface area (Å²) < 4.78 is 38.4. The number of alkyl halides is 4. The number of halogens is 5. The number of nitrogens with one attached hydrogen (secondary N) is 2. The fourth-order valence-corrected chi connectivity index (χ4v) is 3.03. The van der Waals surface area contributed by atoms with E-state index in [4.69, 9.17) is 35.4 Å². The van der Waals surface area contributed by atoms with Gasteiger partial charge in [0.1, 0.15) is 0 Å². The number of hydrogen-bond donors (Lipinski definition) is 2. The third kappa shape index (κ3) is 4.38. The van der Waals surface area contributed by atoms with Crippen molar-refractivity contribution in [2.45, 2.75) is 24.1 Å². The van der Waals surface area contributed by atoms with Gasteiger partial charge in [0, 0.05) is 18.3 Å². The second kappa shape index (κ2) is 6.78. The predicted octanol–water partition coefficient (Wildman–Crippen LogP) is 3.91. The molecule has 1 saturated heterocycles. The molecule has 0 aromatic heterocycles. The maximum atomic E-state index is 12.8. The Labute approximate surface area is 141 Å². The van der Waals surface area contributed by atoms with E-state index in [-0.39, 0.29) is 27.4 Å². The minimum absolute atomic E-state index is 0.0573. The molecular formula is C13H14Cl2F3N3S. The van der Waals surface area contributed by atoms with Crippen LogP contribution in [0.25, 0.3) is 0 Å². The Morgan fingerprint density at radius 1 is 1.41 bits per heavy atom. The zero-order valence-electron chi connectivity index (χ0n) is 11.5. The molecule has 2 atom stereocenters. The van der Waals surface area contributed by atoms with E-state index in [0.717, 1.165) is 6.07 Å². The average molecular weight is 372 g/mol. The first-order valence-electron chi connectivity index (χ1n) is 6.45. The zero-order chi connectivity index (χ0) is 16.5. The molecule has 3 nitrogen and oxygen atoms in total. The van der Waals surface area contributed by atoms with E-state index in [1.54, 1.807) is 0 Å². The van der Waals surface area contributed by atoms with E-state index >= 15 is 0 Å². The SMILES string of the molecule is CN1C[C@H](NC(=S)Nc2ccc(Cl)c(C(F)(F)F)c2)C[C@H]1Cl. The summed E-state index contributed by atoms with van der Waals surface area (Å²) in [6, 6.07) is 3.62. The van der Waals surface area contributed by atoms with Crippen molar-refractivity contribution in [3.63, 3.8) is 0 Å². The molecule has 9 heteroatoms. The number of nitrogens with zero attached hydrogens (tertiary/aromatic N) is 1. The van der Waals surface area contributed by atoms with Crippen LogP contribution in [0, 0.1) is 0 Å². The van der Waals surface area contributed by atoms with Gasteiger partial charge in [-0.3, -0.25) is 4.90 Å². The first-order valence-corrected chi connectivity index (χ1v) is 7.67. The summed E-state index contributed by atoms with van der Waals surface area (Å²) in [5, 5.41) is 5.68. The quantitative estimate of drug-likeness (QED) is 0.468. The Morgan fingerprint density at radius 3 is 2.64 bits per heavy atom. The Morgan fingerprint density at radius 2 is 2.09 bits per heavy atom. The van der Waals surface area contributed by atoms with Crippen molar-refractivity contribution in [3.05, 3.63) is 28.8 Å². The van der Waals surface area contributed by atoms with E-state index in [2.05, 4.69) is 10.6 Å². The van der Waals surface area contributed by atoms with Crippen LogP contribution in [0.3, 0.4) is 0 Å². The van der Waals surface area contributed by atoms with Gasteiger partial charge in [0.25, 0.3) is 0 Å². The van der Waals surface area contributed by atoms with Gasteiger partial charge in [-0.15, -0.1) is 11.6 Å². The normalized spacial score (nSPS) is 22.6. The fraction of sp³-hybridized carbons (Fsp3) is 0.462. The highest BCUT2D eigenvalue weighted by Crippen LogP contribution is 2.36. The van der Waals surface area contributed by atoms with Crippen LogP contribution >= 0.6 is 35.4 Å². The van der Waals surface area contributed by atoms with Crippen LogP contribution in [0.5, 0.6) is 0 Å². The van der Waals surface area contributed by atoms with Crippen molar-refractivity contribution in [3.8, 4) is 0 Å². The van der Waals surface area contributed by atoms with Gasteiger partial charge in [0.15, 0.2) is 5.11 Å². The summed E-state index contributed by atoms with van der Waals surface area (Å²) >= 11 is 16.8. The molecular weight excluding hydrogens is 358 g/mol. The first-order chi connectivity index (χ1) is 10.2. The molecule has 0 aliphatic carbocycles. The van der Waals surface area contributed by atoms with Gasteiger partial charge in [-0.2, -0.15) is 13.2 Å². The molecule has 0 amide bonds. The number of likely N-dealkylation sites (tertiary alicyclic amines) is 1. The molecule has 22 heavy (non-hydrogen) atoms. The lowest BCUT2D eigenvalue weighted by Crippen LogP contribution is -2.39. The van der Waals surface area contributed by atoms with Crippen LogP contribution < -0.4 is 10.6 Å². The highest BCUT2D eigenvalue weighted by molar-refractivity contribution is 7.80. The smallest absolute Gasteiger partial charge is 0.358 e. The van der Waals surface area contributed by atoms with E-state index in [1.807, 2.05) is 11.9 Å². The molecule has 1 aliphatic rings. The first kappa shape index (κ1) is 17.6. The van der Waals surface area contributed by atoms with Crippen LogP contribution in [0.1, 0.15) is 12.0 Å². The number of benzene rings is 1. The molecule has 1 aliphatic heterocycles. The van der Waals surface area contributed by atoms with E-state index < -0.39 is 11.7 Å². The molecule has 0 saturated carbocycles. The molecule has 122 valence electrons. The van der Waals surface area contributed by atoms with Crippen LogP contribution in [0.2, 0.25) is 5.02 Å². The summed E-state index contributed by atoms with van der Waals surface area (Å²) in [5.74, 6) is 0. The standard InChI is InChI=1S/C13H14Cl2F3N3S/c1-21-6-8(5-11(21)15)20-12(22)19-7-2-3-10(14)9(4-7)13(16,17)18/h2-4,8,11H,5-6H2,1H3,(H2,19,20,22)/t8-,11+/m1/s1. The third-order valence-electron chi connectivity index (χ3n) is 3.33. The van der Waals surface area contributed by atoms with Gasteiger partial charge >= 0.3 is 6.18 Å². The van der Waals surface area contributed by atoms with Gasteiger partial charge < -0.3 is 10.6 Å². The monoisotopic (exact) mass is 371 g/mol. The number of thiocarbonyl (C=S) groups is 1. The molecule has 2 rings (SSSR count). The summed E-state index contributed by atoms with van der Waals surface area (Å²) in [7, 11) is 1.89. The fourth-order valence-electron chi connectivity index (χ4n) is 2.23. The van der Waals surface area contributed by atoms with E-state index in [1.165, 1.54) is 12.1 Å². The van der Waals surface area contributed by atoms with Crippen LogP contribution in [0.15, 0.2) is 18.2 Å². The average Bonchev–Trinajstić information content (AvgIpc) is 2.69. The largest absolute Gasteiger partial charge is 0.417 e. The number of likely N-dealkylation sites (N-methyl/N-ethyl adjacent to an activating group) is 1. The molecule has 2 N–H and O–H groups in total. The molecule has 0 spiro atoms. The second-order valence-electron chi connectivity index (χ2n) is 5.10. The van der Waals surface area contributed by atoms with Crippen molar-refractivity contribution in [2.75, 3.05) is 18.9 Å². The maximum Gasteiger partial charge on any atom is 0.417 e. The van der Waals surface area contributed by atoms with Gasteiger partial charge in [0.05, 0.1) is 16.1 Å². The van der Waals surface area contributed by atoms with Crippen LogP contribution in [-0.2, 0) is 6.18 Å². The summed E-state index contributed by atoms with van der Waals surface area (Å²) in [6.45, 7) is 0.713. The van der Waals surface area contributed by atoms with Gasteiger partial charge in [-0.05, 0) is 43.9 Å². The Hall–Kier alpha value is -0.760. The topological polar surface area (TPSA) is 27.3 Å². The maximum absolute atomic E-state index is 12.8. The van der Waals surface area contributed by atoms with E-state index in [0.29, 0.717) is 13.0 Å². The van der Waals surface area contributed by atoms with Crippen molar-refractivity contribution >= 4 is 46.2 Å². The lowest BCUT2D eigenvalue weighted by atomic mass is 10.2. The molecule has 0 radical (unpaired) electrons. The molecule has 1 heterocycles. The summed E-state index contributed by atoms with van der Waals surface area (Å²) in [6.07, 6.45) is -3.81. The van der Waals surface area contributed by atoms with Crippen molar-refractivity contribution in [1.29, 1.82) is 0 Å². The number of rotatable bonds is 2. The minimum Gasteiger partial charge on any atom is -0.358 e.